The van der Waals surface area contributed by atoms with Crippen molar-refractivity contribution in [2.45, 2.75) is 71.9 Å². The average Bonchev–Trinajstić information content (AvgIpc) is 2.86. The first-order chi connectivity index (χ1) is 18.9. The van der Waals surface area contributed by atoms with Gasteiger partial charge in [-0.05, 0) is 80.5 Å². The molecule has 0 heterocycles. The number of aryl methyl sites for hydroxylation is 1. The number of carbonyl (C=O) groups is 2. The zero-order valence-electron chi connectivity index (χ0n) is 23.7. The first-order valence-electron chi connectivity index (χ1n) is 13.7. The van der Waals surface area contributed by atoms with Crippen molar-refractivity contribution in [1.29, 1.82) is 0 Å². The van der Waals surface area contributed by atoms with E-state index in [2.05, 4.69) is 10.0 Å². The number of rotatable bonds is 16. The molecule has 2 aromatic rings. The predicted octanol–water partition coefficient (Wildman–Crippen LogP) is 3.96. The van der Waals surface area contributed by atoms with Gasteiger partial charge in [0, 0.05) is 36.8 Å². The molecule has 2 atom stereocenters. The number of halogens is 2. The van der Waals surface area contributed by atoms with Gasteiger partial charge in [-0.1, -0.05) is 20.8 Å². The molecule has 0 saturated heterocycles. The van der Waals surface area contributed by atoms with Crippen LogP contribution in [-0.2, 0) is 16.4 Å². The molecule has 0 radical (unpaired) electrons. The summed E-state index contributed by atoms with van der Waals surface area (Å²) >= 11 is 0. The van der Waals surface area contributed by atoms with Gasteiger partial charge in [0.1, 0.15) is 11.6 Å². The third-order valence-corrected chi connectivity index (χ3v) is 7.84. The molecule has 40 heavy (non-hydrogen) atoms. The molecule has 2 aromatic carbocycles. The number of benzene rings is 2. The summed E-state index contributed by atoms with van der Waals surface area (Å²) in [7, 11) is -3.51. The summed E-state index contributed by atoms with van der Waals surface area (Å²) in [4.78, 5) is 28.2. The second-order valence-electron chi connectivity index (χ2n) is 10.0. The Balaban J connectivity index is 2.30. The number of hydrogen-bond donors (Lipinski definition) is 3. The van der Waals surface area contributed by atoms with Crippen LogP contribution in [0.2, 0.25) is 0 Å². The van der Waals surface area contributed by atoms with Crippen molar-refractivity contribution in [2.24, 2.45) is 0 Å². The molecule has 11 heteroatoms. The molecule has 0 saturated carbocycles. The van der Waals surface area contributed by atoms with E-state index in [4.69, 9.17) is 0 Å². The van der Waals surface area contributed by atoms with Crippen LogP contribution in [0.5, 0.6) is 0 Å². The Morgan fingerprint density at radius 3 is 2.10 bits per heavy atom. The van der Waals surface area contributed by atoms with Crippen LogP contribution < -0.4 is 10.0 Å². The number of sulfonamides is 1. The van der Waals surface area contributed by atoms with E-state index in [0.29, 0.717) is 30.6 Å². The maximum atomic E-state index is 13.9. The van der Waals surface area contributed by atoms with Gasteiger partial charge in [0.15, 0.2) is 0 Å². The van der Waals surface area contributed by atoms with Crippen molar-refractivity contribution in [1.82, 2.24) is 14.9 Å². The van der Waals surface area contributed by atoms with E-state index < -0.39 is 39.7 Å². The average molecular weight is 582 g/mol. The number of carbonyl (C=O) groups excluding carboxylic acids is 2. The zero-order valence-corrected chi connectivity index (χ0v) is 24.5. The highest BCUT2D eigenvalue weighted by Crippen LogP contribution is 2.16. The molecular formula is C29H41F2N3O5S. The molecule has 0 aliphatic carbocycles. The zero-order chi connectivity index (χ0) is 29.9. The minimum Gasteiger partial charge on any atom is -0.391 e. The SMILES string of the molecule is CCCN(CCC)C(=O)c1cc(C)cc(C(=O)N[C@@H](Cc2cc(F)cc(F)c2)[C@H](O)CCNS(=O)(=O)CCC)c1. The first-order valence-corrected chi connectivity index (χ1v) is 15.4. The van der Waals surface area contributed by atoms with Gasteiger partial charge in [0.05, 0.1) is 17.9 Å². The molecule has 0 aliphatic heterocycles. The molecule has 0 bridgehead atoms. The molecule has 0 aromatic heterocycles. The van der Waals surface area contributed by atoms with E-state index in [0.717, 1.165) is 31.0 Å². The maximum absolute atomic E-state index is 13.9. The Bertz CT molecular complexity index is 1230. The predicted molar refractivity (Wildman–Crippen MR) is 152 cm³/mol. The Hall–Kier alpha value is -2.89. The second-order valence-corrected chi connectivity index (χ2v) is 11.9. The third kappa shape index (κ3) is 10.6. The number of aliphatic hydroxyl groups is 1. The summed E-state index contributed by atoms with van der Waals surface area (Å²) < 4.78 is 54.1. The normalized spacial score (nSPS) is 13.1. The van der Waals surface area contributed by atoms with Crippen LogP contribution in [0.3, 0.4) is 0 Å². The molecule has 2 amide bonds. The quantitative estimate of drug-likeness (QED) is 0.278. The summed E-state index contributed by atoms with van der Waals surface area (Å²) in [5.74, 6) is -2.43. The van der Waals surface area contributed by atoms with Crippen LogP contribution in [0.1, 0.15) is 78.3 Å². The van der Waals surface area contributed by atoms with E-state index in [1.165, 1.54) is 6.07 Å². The van der Waals surface area contributed by atoms with E-state index in [9.17, 15) is 31.9 Å². The first kappa shape index (κ1) is 33.3. The highest BCUT2D eigenvalue weighted by Gasteiger charge is 2.25. The lowest BCUT2D eigenvalue weighted by Crippen LogP contribution is -2.46. The van der Waals surface area contributed by atoms with Crippen LogP contribution in [0.4, 0.5) is 8.78 Å². The Morgan fingerprint density at radius 1 is 0.925 bits per heavy atom. The van der Waals surface area contributed by atoms with Gasteiger partial charge in [0.25, 0.3) is 11.8 Å². The molecule has 0 aliphatic rings. The second kappa shape index (κ2) is 15.8. The van der Waals surface area contributed by atoms with Crippen molar-refractivity contribution in [3.05, 3.63) is 70.3 Å². The van der Waals surface area contributed by atoms with Crippen LogP contribution in [0, 0.1) is 18.6 Å². The van der Waals surface area contributed by atoms with Crippen molar-refractivity contribution in [2.75, 3.05) is 25.4 Å². The molecule has 3 N–H and O–H groups in total. The third-order valence-electron chi connectivity index (χ3n) is 6.25. The van der Waals surface area contributed by atoms with Gasteiger partial charge in [-0.3, -0.25) is 9.59 Å². The summed E-state index contributed by atoms with van der Waals surface area (Å²) in [6.45, 7) is 8.55. The Labute approximate surface area is 236 Å². The van der Waals surface area contributed by atoms with Gasteiger partial charge in [-0.15, -0.1) is 0 Å². The van der Waals surface area contributed by atoms with Crippen LogP contribution in [0.25, 0.3) is 0 Å². The molecule has 0 unspecified atom stereocenters. The highest BCUT2D eigenvalue weighted by atomic mass is 32.2. The summed E-state index contributed by atoms with van der Waals surface area (Å²) in [6.07, 6.45) is 0.611. The van der Waals surface area contributed by atoms with E-state index in [-0.39, 0.29) is 42.2 Å². The molecule has 0 spiro atoms. The number of hydrogen-bond acceptors (Lipinski definition) is 5. The highest BCUT2D eigenvalue weighted by molar-refractivity contribution is 7.89. The number of nitrogens with zero attached hydrogens (tertiary/aromatic N) is 1. The monoisotopic (exact) mass is 581 g/mol. The summed E-state index contributed by atoms with van der Waals surface area (Å²) in [6, 6.07) is 6.76. The summed E-state index contributed by atoms with van der Waals surface area (Å²) in [5.41, 5.74) is 1.46. The standard InChI is InChI=1S/C29H41F2N3O5S/c1-5-10-34(11-6-2)29(37)23-14-20(4)13-22(18-23)28(36)33-26(17-21-15-24(30)19-25(31)16-21)27(35)8-9-32-40(38,39)12-7-3/h13-16,18-19,26-27,32,35H,5-12,17H2,1-4H3,(H,33,36)/t26-,27+/m0/s1. The molecule has 8 nitrogen and oxygen atoms in total. The van der Waals surface area contributed by atoms with Gasteiger partial charge in [-0.2, -0.15) is 0 Å². The van der Waals surface area contributed by atoms with Crippen molar-refractivity contribution < 1.29 is 31.9 Å². The molecule has 2 rings (SSSR count). The van der Waals surface area contributed by atoms with Crippen LogP contribution in [-0.4, -0.2) is 67.8 Å². The molecule has 0 fully saturated rings. The van der Waals surface area contributed by atoms with E-state index in [1.54, 1.807) is 30.9 Å². The van der Waals surface area contributed by atoms with Gasteiger partial charge in [-0.25, -0.2) is 21.9 Å². The number of nitrogens with one attached hydrogen (secondary N) is 2. The summed E-state index contributed by atoms with van der Waals surface area (Å²) in [5, 5.41) is 13.7. The minimum atomic E-state index is -3.51. The maximum Gasteiger partial charge on any atom is 0.253 e. The van der Waals surface area contributed by atoms with Crippen molar-refractivity contribution in [3.63, 3.8) is 0 Å². The number of amides is 2. The van der Waals surface area contributed by atoms with Crippen molar-refractivity contribution >= 4 is 21.8 Å². The topological polar surface area (TPSA) is 116 Å². The van der Waals surface area contributed by atoms with Gasteiger partial charge >= 0.3 is 0 Å². The largest absolute Gasteiger partial charge is 0.391 e. The van der Waals surface area contributed by atoms with E-state index in [1.807, 2.05) is 13.8 Å². The minimum absolute atomic E-state index is 0.0494. The van der Waals surface area contributed by atoms with Crippen LogP contribution >= 0.6 is 0 Å². The van der Waals surface area contributed by atoms with Gasteiger partial charge < -0.3 is 15.3 Å². The lowest BCUT2D eigenvalue weighted by Gasteiger charge is -2.25. The van der Waals surface area contributed by atoms with Crippen LogP contribution in [0.15, 0.2) is 36.4 Å². The smallest absolute Gasteiger partial charge is 0.253 e. The molecular weight excluding hydrogens is 540 g/mol. The number of aliphatic hydroxyl groups excluding tert-OH is 1. The Kier molecular flexibility index (Phi) is 13.1. The molecule has 222 valence electrons. The lowest BCUT2D eigenvalue weighted by atomic mass is 9.98. The fourth-order valence-corrected chi connectivity index (χ4v) is 5.61. The fraction of sp³-hybridized carbons (Fsp3) is 0.517. The van der Waals surface area contributed by atoms with Gasteiger partial charge in [0.2, 0.25) is 10.0 Å². The van der Waals surface area contributed by atoms with Crippen molar-refractivity contribution in [3.8, 4) is 0 Å². The lowest BCUT2D eigenvalue weighted by molar-refractivity contribution is 0.0755. The van der Waals surface area contributed by atoms with E-state index >= 15 is 0 Å². The Morgan fingerprint density at radius 2 is 1.52 bits per heavy atom. The fourth-order valence-electron chi connectivity index (χ4n) is 4.50.